The number of likely N-dealkylation sites (tertiary alicyclic amines) is 1. The second-order valence-corrected chi connectivity index (χ2v) is 5.84. The minimum Gasteiger partial charge on any atom is -0.303 e. The Morgan fingerprint density at radius 3 is 2.00 bits per heavy atom. The second-order valence-electron chi connectivity index (χ2n) is 5.84. The Hall–Kier alpha value is -0.590. The molecule has 0 aromatic heterocycles. The van der Waals surface area contributed by atoms with E-state index in [1.165, 1.54) is 83.8 Å². The number of allylic oxidation sites excluding steroid dienone is 1. The molecule has 0 atom stereocenters. The van der Waals surface area contributed by atoms with Gasteiger partial charge in [-0.05, 0) is 57.8 Å². The van der Waals surface area contributed by atoms with Crippen LogP contribution in [0.3, 0.4) is 0 Å². The van der Waals surface area contributed by atoms with Crippen LogP contribution in [0, 0.1) is 0 Å². The molecule has 0 saturated carbocycles. The zero-order valence-corrected chi connectivity index (χ0v) is 12.5. The molecule has 1 aliphatic heterocycles. The fourth-order valence-corrected chi connectivity index (χ4v) is 2.88. The van der Waals surface area contributed by atoms with E-state index in [9.17, 15) is 4.79 Å². The molecule has 0 unspecified atom stereocenters. The minimum atomic E-state index is 0.915. The first-order chi connectivity index (χ1) is 9.43. The highest BCUT2D eigenvalue weighted by atomic mass is 16.1. The first kappa shape index (κ1) is 16.5. The van der Waals surface area contributed by atoms with E-state index in [-0.39, 0.29) is 0 Å². The van der Waals surface area contributed by atoms with Gasteiger partial charge in [0.1, 0.15) is 5.94 Å². The third-order valence-electron chi connectivity index (χ3n) is 4.10. The first-order valence-electron chi connectivity index (χ1n) is 8.35. The van der Waals surface area contributed by atoms with Gasteiger partial charge >= 0.3 is 0 Å². The van der Waals surface area contributed by atoms with E-state index in [1.54, 1.807) is 6.08 Å². The number of hydrogen-bond acceptors (Lipinski definition) is 2. The van der Waals surface area contributed by atoms with E-state index in [4.69, 9.17) is 0 Å². The molecule has 1 aliphatic rings. The quantitative estimate of drug-likeness (QED) is 0.432. The van der Waals surface area contributed by atoms with Gasteiger partial charge in [-0.25, -0.2) is 4.79 Å². The molecule has 1 rings (SSSR count). The van der Waals surface area contributed by atoms with Crippen LogP contribution in [0.4, 0.5) is 0 Å². The number of carbonyl (C=O) groups excluding carboxylic acids is 1. The van der Waals surface area contributed by atoms with Crippen molar-refractivity contribution in [2.75, 3.05) is 19.6 Å². The second kappa shape index (κ2) is 12.4. The van der Waals surface area contributed by atoms with Gasteiger partial charge in [0.15, 0.2) is 0 Å². The van der Waals surface area contributed by atoms with Gasteiger partial charge in [-0.3, -0.25) is 0 Å². The van der Waals surface area contributed by atoms with Crippen LogP contribution in [0.5, 0.6) is 0 Å². The van der Waals surface area contributed by atoms with Gasteiger partial charge in [-0.2, -0.15) is 0 Å². The fourth-order valence-electron chi connectivity index (χ4n) is 2.88. The molecule has 2 heteroatoms. The van der Waals surface area contributed by atoms with Crippen molar-refractivity contribution >= 4 is 5.94 Å². The van der Waals surface area contributed by atoms with Gasteiger partial charge in [-0.1, -0.05) is 44.9 Å². The molecule has 0 spiro atoms. The van der Waals surface area contributed by atoms with Gasteiger partial charge in [0.05, 0.1) is 0 Å². The molecule has 0 radical (unpaired) electrons. The molecule has 0 aliphatic carbocycles. The summed E-state index contributed by atoms with van der Waals surface area (Å²) >= 11 is 0. The summed E-state index contributed by atoms with van der Waals surface area (Å²) in [5, 5.41) is 0. The lowest BCUT2D eigenvalue weighted by atomic mass is 10.1. The molecule has 0 bridgehead atoms. The topological polar surface area (TPSA) is 20.3 Å². The van der Waals surface area contributed by atoms with Crippen molar-refractivity contribution in [1.82, 2.24) is 4.90 Å². The molecule has 2 nitrogen and oxygen atoms in total. The summed E-state index contributed by atoms with van der Waals surface area (Å²) in [7, 11) is 0. The summed E-state index contributed by atoms with van der Waals surface area (Å²) in [4.78, 5) is 12.6. The summed E-state index contributed by atoms with van der Waals surface area (Å²) in [6.07, 6.45) is 17.5. The number of unbranched alkanes of at least 4 members (excludes halogenated alkanes) is 7. The van der Waals surface area contributed by atoms with Crippen molar-refractivity contribution < 1.29 is 4.79 Å². The monoisotopic (exact) mass is 265 g/mol. The molecule has 1 fully saturated rings. The predicted octanol–water partition coefficient (Wildman–Crippen LogP) is 4.37. The van der Waals surface area contributed by atoms with Gasteiger partial charge in [-0.15, -0.1) is 0 Å². The summed E-state index contributed by atoms with van der Waals surface area (Å²) < 4.78 is 0. The van der Waals surface area contributed by atoms with Crippen LogP contribution in [-0.4, -0.2) is 30.5 Å². The smallest absolute Gasteiger partial charge is 0.120 e. The standard InChI is InChI=1S/C17H31NO/c19-17-13-9-5-3-1-2-4-6-10-14-18-15-11-7-8-12-16-18/h13H,1-12,14-16H2. The highest BCUT2D eigenvalue weighted by Crippen LogP contribution is 2.12. The molecule has 0 aromatic rings. The number of rotatable bonds is 10. The summed E-state index contributed by atoms with van der Waals surface area (Å²) in [5.41, 5.74) is 0. The largest absolute Gasteiger partial charge is 0.303 e. The zero-order valence-electron chi connectivity index (χ0n) is 12.5. The molecule has 19 heavy (non-hydrogen) atoms. The highest BCUT2D eigenvalue weighted by Gasteiger charge is 2.07. The maximum atomic E-state index is 9.98. The molecule has 1 saturated heterocycles. The Morgan fingerprint density at radius 2 is 1.37 bits per heavy atom. The van der Waals surface area contributed by atoms with Crippen molar-refractivity contribution in [3.8, 4) is 0 Å². The molecular formula is C17H31NO. The van der Waals surface area contributed by atoms with Crippen molar-refractivity contribution in [3.05, 3.63) is 6.08 Å². The zero-order chi connectivity index (χ0) is 13.6. The maximum absolute atomic E-state index is 9.98. The Labute approximate surface area is 119 Å². The van der Waals surface area contributed by atoms with Crippen molar-refractivity contribution in [3.63, 3.8) is 0 Å². The third kappa shape index (κ3) is 9.92. The van der Waals surface area contributed by atoms with Gasteiger partial charge in [0.25, 0.3) is 0 Å². The van der Waals surface area contributed by atoms with Crippen LogP contribution < -0.4 is 0 Å². The van der Waals surface area contributed by atoms with Crippen LogP contribution in [0.15, 0.2) is 6.08 Å². The molecule has 0 aromatic carbocycles. The molecule has 110 valence electrons. The van der Waals surface area contributed by atoms with Crippen molar-refractivity contribution in [1.29, 1.82) is 0 Å². The maximum Gasteiger partial charge on any atom is 0.120 e. The minimum absolute atomic E-state index is 0.915. The van der Waals surface area contributed by atoms with Crippen LogP contribution in [0.1, 0.15) is 77.0 Å². The van der Waals surface area contributed by atoms with E-state index in [1.807, 2.05) is 5.94 Å². The highest BCUT2D eigenvalue weighted by molar-refractivity contribution is 5.44. The lowest BCUT2D eigenvalue weighted by molar-refractivity contribution is 0.277. The van der Waals surface area contributed by atoms with Gasteiger partial charge < -0.3 is 4.90 Å². The lowest BCUT2D eigenvalue weighted by Gasteiger charge is -2.19. The fraction of sp³-hybridized carbons (Fsp3) is 0.882. The van der Waals surface area contributed by atoms with Crippen molar-refractivity contribution in [2.24, 2.45) is 0 Å². The lowest BCUT2D eigenvalue weighted by Crippen LogP contribution is -2.25. The Morgan fingerprint density at radius 1 is 0.789 bits per heavy atom. The molecular weight excluding hydrogens is 234 g/mol. The van der Waals surface area contributed by atoms with Crippen LogP contribution in [0.2, 0.25) is 0 Å². The molecule has 0 amide bonds. The summed E-state index contributed by atoms with van der Waals surface area (Å²) in [6, 6.07) is 0. The van der Waals surface area contributed by atoms with Crippen LogP contribution in [-0.2, 0) is 4.79 Å². The Kier molecular flexibility index (Phi) is 10.8. The van der Waals surface area contributed by atoms with Crippen LogP contribution in [0.25, 0.3) is 0 Å². The average molecular weight is 265 g/mol. The van der Waals surface area contributed by atoms with Gasteiger partial charge in [0, 0.05) is 0 Å². The van der Waals surface area contributed by atoms with E-state index >= 15 is 0 Å². The third-order valence-corrected chi connectivity index (χ3v) is 4.10. The van der Waals surface area contributed by atoms with E-state index in [0.717, 1.165) is 12.8 Å². The normalized spacial score (nSPS) is 16.8. The van der Waals surface area contributed by atoms with Gasteiger partial charge in [0.2, 0.25) is 0 Å². The number of hydrogen-bond donors (Lipinski definition) is 0. The molecule has 0 N–H and O–H groups in total. The van der Waals surface area contributed by atoms with Crippen LogP contribution >= 0.6 is 0 Å². The Bertz CT molecular complexity index is 238. The van der Waals surface area contributed by atoms with E-state index in [2.05, 4.69) is 4.90 Å². The van der Waals surface area contributed by atoms with Crippen molar-refractivity contribution in [2.45, 2.75) is 77.0 Å². The molecule has 1 heterocycles. The summed E-state index contributed by atoms with van der Waals surface area (Å²) in [6.45, 7) is 4.00. The summed E-state index contributed by atoms with van der Waals surface area (Å²) in [5.74, 6) is 1.84. The number of nitrogens with zero attached hydrogens (tertiary/aromatic N) is 1. The predicted molar refractivity (Wildman–Crippen MR) is 82.1 cm³/mol. The first-order valence-corrected chi connectivity index (χ1v) is 8.35. The Balaban J connectivity index is 1.81. The SMILES string of the molecule is O=C=CCCCCCCCCCN1CCCCCC1. The van der Waals surface area contributed by atoms with E-state index in [0.29, 0.717) is 0 Å². The van der Waals surface area contributed by atoms with E-state index < -0.39 is 0 Å². The average Bonchev–Trinajstić information content (AvgIpc) is 2.69.